The van der Waals surface area contributed by atoms with Crippen LogP contribution in [0.15, 0.2) is 60.8 Å². The van der Waals surface area contributed by atoms with Gasteiger partial charge in [-0.15, -0.1) is 10.2 Å². The third-order valence-corrected chi connectivity index (χ3v) is 5.69. The number of fused-ring (bicyclic) bond motifs is 1. The molecule has 1 aliphatic rings. The normalized spacial score (nSPS) is 13.5. The molecule has 1 N–H and O–H groups in total. The summed E-state index contributed by atoms with van der Waals surface area (Å²) >= 11 is 0. The second-order valence-corrected chi connectivity index (χ2v) is 7.87. The van der Waals surface area contributed by atoms with E-state index < -0.39 is 0 Å². The molecular weight excluding hydrogens is 388 g/mol. The van der Waals surface area contributed by atoms with Crippen molar-refractivity contribution in [3.8, 4) is 17.1 Å². The minimum atomic E-state index is -0.152. The smallest absolute Gasteiger partial charge is 0.255 e. The molecule has 0 bridgehead atoms. The number of carbonyl (C=O) groups is 1. The molecule has 7 nitrogen and oxygen atoms in total. The maximum absolute atomic E-state index is 12.8. The Morgan fingerprint density at radius 2 is 1.87 bits per heavy atom. The molecule has 0 spiro atoms. The molecule has 7 heteroatoms. The summed E-state index contributed by atoms with van der Waals surface area (Å²) in [5, 5.41) is 16.1. The highest BCUT2D eigenvalue weighted by Gasteiger charge is 2.16. The fourth-order valence-corrected chi connectivity index (χ4v) is 4.03. The molecule has 1 amide bonds. The molecule has 0 saturated heterocycles. The van der Waals surface area contributed by atoms with Gasteiger partial charge >= 0.3 is 0 Å². The lowest BCUT2D eigenvalue weighted by atomic mass is 10.1. The summed E-state index contributed by atoms with van der Waals surface area (Å²) in [6.45, 7) is 2.94. The van der Waals surface area contributed by atoms with Crippen molar-refractivity contribution in [2.24, 2.45) is 0 Å². The Hall–Kier alpha value is -3.74. The standard InChI is InChI=1S/C24H24N6O/c1-17-13-14-25-30(17)21-11-9-18(10-12-21)24(31)26-20-7-5-6-19(16-20)23-28-27-22-8-3-2-4-15-29(22)23/h5-7,9-14,16H,2-4,8,15H2,1H3,(H,26,31). The number of anilines is 1. The van der Waals surface area contributed by atoms with E-state index in [0.29, 0.717) is 5.56 Å². The largest absolute Gasteiger partial charge is 0.322 e. The lowest BCUT2D eigenvalue weighted by Crippen LogP contribution is -2.12. The molecule has 2 aromatic heterocycles. The van der Waals surface area contributed by atoms with Gasteiger partial charge in [-0.1, -0.05) is 18.6 Å². The maximum atomic E-state index is 12.8. The summed E-state index contributed by atoms with van der Waals surface area (Å²) in [5.74, 6) is 1.77. The minimum absolute atomic E-state index is 0.152. The minimum Gasteiger partial charge on any atom is -0.322 e. The van der Waals surface area contributed by atoms with Crippen LogP contribution in [-0.4, -0.2) is 30.5 Å². The molecule has 0 fully saturated rings. The number of aryl methyl sites for hydroxylation is 2. The van der Waals surface area contributed by atoms with Crippen molar-refractivity contribution >= 4 is 11.6 Å². The van der Waals surface area contributed by atoms with E-state index in [2.05, 4.69) is 25.2 Å². The van der Waals surface area contributed by atoms with E-state index >= 15 is 0 Å². The number of nitrogens with zero attached hydrogens (tertiary/aromatic N) is 5. The molecule has 0 unspecified atom stereocenters. The van der Waals surface area contributed by atoms with Crippen LogP contribution in [0.1, 0.15) is 41.1 Å². The monoisotopic (exact) mass is 412 g/mol. The van der Waals surface area contributed by atoms with Gasteiger partial charge in [-0.25, -0.2) is 4.68 Å². The molecule has 2 aromatic carbocycles. The highest BCUT2D eigenvalue weighted by molar-refractivity contribution is 6.04. The van der Waals surface area contributed by atoms with E-state index in [-0.39, 0.29) is 5.91 Å². The van der Waals surface area contributed by atoms with Crippen molar-refractivity contribution in [2.45, 2.75) is 39.2 Å². The first-order valence-corrected chi connectivity index (χ1v) is 10.6. The van der Waals surface area contributed by atoms with Crippen LogP contribution < -0.4 is 5.32 Å². The van der Waals surface area contributed by atoms with Crippen molar-refractivity contribution in [1.29, 1.82) is 0 Å². The van der Waals surface area contributed by atoms with Crippen LogP contribution >= 0.6 is 0 Å². The van der Waals surface area contributed by atoms with Crippen LogP contribution in [0.3, 0.4) is 0 Å². The molecule has 0 aliphatic carbocycles. The first kappa shape index (κ1) is 19.2. The summed E-state index contributed by atoms with van der Waals surface area (Å²) < 4.78 is 4.05. The summed E-state index contributed by atoms with van der Waals surface area (Å²) in [6, 6.07) is 17.2. The van der Waals surface area contributed by atoms with E-state index in [9.17, 15) is 4.79 Å². The number of hydrogen-bond acceptors (Lipinski definition) is 4. The first-order chi connectivity index (χ1) is 15.2. The topological polar surface area (TPSA) is 77.6 Å². The summed E-state index contributed by atoms with van der Waals surface area (Å²) in [5.41, 5.74) is 4.26. The van der Waals surface area contributed by atoms with Gasteiger partial charge in [0.25, 0.3) is 5.91 Å². The van der Waals surface area contributed by atoms with Crippen molar-refractivity contribution in [1.82, 2.24) is 24.5 Å². The molecule has 0 atom stereocenters. The van der Waals surface area contributed by atoms with Gasteiger partial charge in [0.1, 0.15) is 5.82 Å². The number of hydrogen-bond donors (Lipinski definition) is 1. The molecule has 0 radical (unpaired) electrons. The van der Waals surface area contributed by atoms with Gasteiger partial charge in [0.2, 0.25) is 0 Å². The fourth-order valence-electron chi connectivity index (χ4n) is 4.03. The Labute approximate surface area is 180 Å². The number of amides is 1. The number of benzene rings is 2. The Morgan fingerprint density at radius 1 is 1.00 bits per heavy atom. The van der Waals surface area contributed by atoms with Crippen molar-refractivity contribution in [3.05, 3.63) is 77.9 Å². The molecule has 5 rings (SSSR count). The molecule has 156 valence electrons. The van der Waals surface area contributed by atoms with Crippen LogP contribution in [0.25, 0.3) is 17.1 Å². The van der Waals surface area contributed by atoms with Crippen LogP contribution in [-0.2, 0) is 13.0 Å². The number of rotatable bonds is 4. The van der Waals surface area contributed by atoms with Crippen LogP contribution in [0, 0.1) is 6.92 Å². The predicted molar refractivity (Wildman–Crippen MR) is 119 cm³/mol. The third kappa shape index (κ3) is 3.86. The molecule has 3 heterocycles. The van der Waals surface area contributed by atoms with Crippen LogP contribution in [0.2, 0.25) is 0 Å². The number of aromatic nitrogens is 5. The molecule has 0 saturated carbocycles. The third-order valence-electron chi connectivity index (χ3n) is 5.69. The van der Waals surface area contributed by atoms with E-state index in [0.717, 1.165) is 60.1 Å². The molecule has 31 heavy (non-hydrogen) atoms. The summed E-state index contributed by atoms with van der Waals surface area (Å²) in [7, 11) is 0. The molecule has 4 aromatic rings. The van der Waals surface area contributed by atoms with Gasteiger partial charge < -0.3 is 9.88 Å². The lowest BCUT2D eigenvalue weighted by Gasteiger charge is -2.10. The quantitative estimate of drug-likeness (QED) is 0.538. The summed E-state index contributed by atoms with van der Waals surface area (Å²) in [6.07, 6.45) is 6.25. The highest BCUT2D eigenvalue weighted by Crippen LogP contribution is 2.25. The first-order valence-electron chi connectivity index (χ1n) is 10.6. The zero-order valence-corrected chi connectivity index (χ0v) is 17.5. The van der Waals surface area contributed by atoms with E-state index in [4.69, 9.17) is 0 Å². The van der Waals surface area contributed by atoms with Gasteiger partial charge in [0, 0.05) is 41.7 Å². The van der Waals surface area contributed by atoms with E-state index in [1.165, 1.54) is 6.42 Å². The SMILES string of the molecule is Cc1ccnn1-c1ccc(C(=O)Nc2cccc(-c3nnc4n3CCCCC4)c2)cc1. The second kappa shape index (κ2) is 8.18. The Kier molecular flexibility index (Phi) is 5.08. The lowest BCUT2D eigenvalue weighted by molar-refractivity contribution is 0.102. The van der Waals surface area contributed by atoms with Crippen LogP contribution in [0.4, 0.5) is 5.69 Å². The molecule has 1 aliphatic heterocycles. The van der Waals surface area contributed by atoms with Crippen molar-refractivity contribution in [2.75, 3.05) is 5.32 Å². The van der Waals surface area contributed by atoms with Crippen molar-refractivity contribution < 1.29 is 4.79 Å². The van der Waals surface area contributed by atoms with Gasteiger partial charge in [-0.3, -0.25) is 4.79 Å². The number of carbonyl (C=O) groups excluding carboxylic acids is 1. The molecular formula is C24H24N6O. The Balaban J connectivity index is 1.35. The Morgan fingerprint density at radius 3 is 2.68 bits per heavy atom. The van der Waals surface area contributed by atoms with Gasteiger partial charge in [-0.05, 0) is 62.2 Å². The highest BCUT2D eigenvalue weighted by atomic mass is 16.1. The number of nitrogens with one attached hydrogen (secondary N) is 1. The van der Waals surface area contributed by atoms with Gasteiger partial charge in [0.05, 0.1) is 5.69 Å². The van der Waals surface area contributed by atoms with E-state index in [1.54, 1.807) is 6.20 Å². The van der Waals surface area contributed by atoms with Crippen LogP contribution in [0.5, 0.6) is 0 Å². The fraction of sp³-hybridized carbons (Fsp3) is 0.250. The van der Waals surface area contributed by atoms with E-state index in [1.807, 2.05) is 66.2 Å². The zero-order valence-electron chi connectivity index (χ0n) is 17.5. The zero-order chi connectivity index (χ0) is 21.2. The van der Waals surface area contributed by atoms with Gasteiger partial charge in [-0.2, -0.15) is 5.10 Å². The second-order valence-electron chi connectivity index (χ2n) is 7.87. The average molecular weight is 412 g/mol. The average Bonchev–Trinajstić information content (AvgIpc) is 3.33. The van der Waals surface area contributed by atoms with Crippen molar-refractivity contribution in [3.63, 3.8) is 0 Å². The summed E-state index contributed by atoms with van der Waals surface area (Å²) in [4.78, 5) is 12.8. The predicted octanol–water partition coefficient (Wildman–Crippen LogP) is 4.42. The van der Waals surface area contributed by atoms with Gasteiger partial charge in [0.15, 0.2) is 5.82 Å². The Bertz CT molecular complexity index is 1220. The maximum Gasteiger partial charge on any atom is 0.255 e.